The molecule has 1 aliphatic heterocycles. The zero-order chi connectivity index (χ0) is 19.5. The Kier molecular flexibility index (Phi) is 6.10. The number of carbonyl (C=O) groups excluding carboxylic acids is 2. The lowest BCUT2D eigenvalue weighted by Crippen LogP contribution is -2.42. The van der Waals surface area contributed by atoms with Crippen molar-refractivity contribution < 1.29 is 28.2 Å². The summed E-state index contributed by atoms with van der Waals surface area (Å²) in [6.45, 7) is 7.19. The molecule has 0 aromatic heterocycles. The molecule has 1 saturated heterocycles. The summed E-state index contributed by atoms with van der Waals surface area (Å²) in [4.78, 5) is 25.4. The summed E-state index contributed by atoms with van der Waals surface area (Å²) in [5.74, 6) is 0.00969. The van der Waals surface area contributed by atoms with Crippen LogP contribution in [0.15, 0.2) is 18.2 Å². The number of hydrogen-bond donors (Lipinski definition) is 0. The fourth-order valence-electron chi connectivity index (χ4n) is 2.77. The molecule has 1 aliphatic rings. The van der Waals surface area contributed by atoms with Crippen molar-refractivity contribution in [3.05, 3.63) is 29.3 Å². The van der Waals surface area contributed by atoms with Crippen LogP contribution < -0.4 is 4.74 Å². The number of methoxy groups -OCH3 is 1. The van der Waals surface area contributed by atoms with Crippen LogP contribution in [0.5, 0.6) is 5.75 Å². The molecule has 0 saturated carbocycles. The highest BCUT2D eigenvalue weighted by Crippen LogP contribution is 2.25. The van der Waals surface area contributed by atoms with Gasteiger partial charge in [-0.3, -0.25) is 4.90 Å². The van der Waals surface area contributed by atoms with Gasteiger partial charge >= 0.3 is 12.1 Å². The first kappa shape index (κ1) is 20.0. The summed E-state index contributed by atoms with van der Waals surface area (Å²) in [5, 5.41) is 0. The van der Waals surface area contributed by atoms with Crippen LogP contribution in [0.3, 0.4) is 0 Å². The number of carbonyl (C=O) groups is 2. The summed E-state index contributed by atoms with van der Waals surface area (Å²) in [6.07, 6.45) is -1.47. The fourth-order valence-corrected chi connectivity index (χ4v) is 2.77. The van der Waals surface area contributed by atoms with Gasteiger partial charge in [-0.2, -0.15) is 0 Å². The Hall–Kier alpha value is -2.31. The Labute approximate surface area is 153 Å². The molecule has 0 N–H and O–H groups in total. The molecule has 26 heavy (non-hydrogen) atoms. The Balaban J connectivity index is 2.05. The van der Waals surface area contributed by atoms with E-state index in [2.05, 4.69) is 0 Å². The Morgan fingerprint density at radius 1 is 1.31 bits per heavy atom. The largest absolute Gasteiger partial charge is 0.491 e. The first-order valence-electron chi connectivity index (χ1n) is 8.56. The van der Waals surface area contributed by atoms with Crippen LogP contribution >= 0.6 is 0 Å². The summed E-state index contributed by atoms with van der Waals surface area (Å²) in [7, 11) is 1.31. The van der Waals surface area contributed by atoms with Crippen LogP contribution in [0, 0.1) is 6.92 Å². The van der Waals surface area contributed by atoms with Crippen LogP contribution in [0.25, 0.3) is 0 Å². The lowest BCUT2D eigenvalue weighted by molar-refractivity contribution is 0.0181. The molecule has 0 aliphatic carbocycles. The van der Waals surface area contributed by atoms with Crippen LogP contribution in [-0.2, 0) is 9.47 Å². The third-order valence-electron chi connectivity index (χ3n) is 4.05. The van der Waals surface area contributed by atoms with E-state index in [0.717, 1.165) is 5.56 Å². The van der Waals surface area contributed by atoms with E-state index in [4.69, 9.17) is 14.2 Å². The maximum atomic E-state index is 13.8. The lowest BCUT2D eigenvalue weighted by Gasteiger charge is -2.28. The average Bonchev–Trinajstić information content (AvgIpc) is 2.93. The maximum absolute atomic E-state index is 13.8. The first-order chi connectivity index (χ1) is 12.1. The Morgan fingerprint density at radius 2 is 2.00 bits per heavy atom. The van der Waals surface area contributed by atoms with E-state index in [1.54, 1.807) is 45.9 Å². The molecule has 0 radical (unpaired) electrons. The highest BCUT2D eigenvalue weighted by molar-refractivity contribution is 5.91. The van der Waals surface area contributed by atoms with Gasteiger partial charge in [0.05, 0.1) is 25.3 Å². The second-order valence-corrected chi connectivity index (χ2v) is 7.40. The second kappa shape index (κ2) is 7.93. The maximum Gasteiger partial charge on any atom is 0.410 e. The fraction of sp³-hybridized carbons (Fsp3) is 0.579. The molecule has 0 spiro atoms. The topological polar surface area (TPSA) is 65.1 Å². The van der Waals surface area contributed by atoms with E-state index in [9.17, 15) is 14.0 Å². The summed E-state index contributed by atoms with van der Waals surface area (Å²) < 4.78 is 29.6. The smallest absolute Gasteiger partial charge is 0.410 e. The number of hydrogen-bond acceptors (Lipinski definition) is 5. The van der Waals surface area contributed by atoms with Gasteiger partial charge in [0.1, 0.15) is 24.1 Å². The van der Waals surface area contributed by atoms with Crippen molar-refractivity contribution in [2.75, 3.05) is 20.3 Å². The van der Waals surface area contributed by atoms with Gasteiger partial charge in [0, 0.05) is 6.42 Å². The highest BCUT2D eigenvalue weighted by Gasteiger charge is 2.38. The van der Waals surface area contributed by atoms with Gasteiger partial charge in [-0.15, -0.1) is 0 Å². The molecular formula is C19H26FNO5. The number of likely N-dealkylation sites (tertiary alicyclic amines) is 1. The van der Waals surface area contributed by atoms with E-state index >= 15 is 0 Å². The van der Waals surface area contributed by atoms with E-state index in [1.165, 1.54) is 12.0 Å². The van der Waals surface area contributed by atoms with Crippen molar-refractivity contribution >= 4 is 12.1 Å². The van der Waals surface area contributed by atoms with E-state index in [1.807, 2.05) is 0 Å². The number of rotatable bonds is 4. The van der Waals surface area contributed by atoms with Gasteiger partial charge < -0.3 is 14.2 Å². The number of aryl methyl sites for hydroxylation is 1. The van der Waals surface area contributed by atoms with Crippen LogP contribution in [0.1, 0.15) is 43.1 Å². The number of alkyl halides is 1. The van der Waals surface area contributed by atoms with Gasteiger partial charge in [0.25, 0.3) is 0 Å². The Bertz CT molecular complexity index is 670. The van der Waals surface area contributed by atoms with Gasteiger partial charge in [0.15, 0.2) is 0 Å². The molecule has 1 aromatic carbocycles. The summed E-state index contributed by atoms with van der Waals surface area (Å²) in [6, 6.07) is 4.63. The average molecular weight is 367 g/mol. The highest BCUT2D eigenvalue weighted by atomic mass is 19.1. The third-order valence-corrected chi connectivity index (χ3v) is 4.05. The number of halogens is 1. The third kappa shape index (κ3) is 5.09. The molecular weight excluding hydrogens is 341 g/mol. The van der Waals surface area contributed by atoms with E-state index in [-0.39, 0.29) is 19.6 Å². The standard InChI is InChI=1S/C19H26FNO5/c1-12-6-7-15(9-16(12)17(22)24-5)25-11-14-8-13(20)10-21(14)18(23)26-19(2,3)4/h6-7,9,13-14H,8,10-11H2,1-5H3. The molecule has 6 nitrogen and oxygen atoms in total. The van der Waals surface area contributed by atoms with Crippen molar-refractivity contribution in [2.24, 2.45) is 0 Å². The van der Waals surface area contributed by atoms with E-state index < -0.39 is 29.9 Å². The minimum atomic E-state index is -1.11. The quantitative estimate of drug-likeness (QED) is 0.762. The predicted octanol–water partition coefficient (Wildman–Crippen LogP) is 3.51. The molecule has 1 fully saturated rings. The first-order valence-corrected chi connectivity index (χ1v) is 8.56. The predicted molar refractivity (Wildman–Crippen MR) is 94.3 cm³/mol. The zero-order valence-electron chi connectivity index (χ0n) is 15.9. The molecule has 1 amide bonds. The molecule has 2 atom stereocenters. The number of ether oxygens (including phenoxy) is 3. The van der Waals surface area contributed by atoms with Crippen LogP contribution in [0.4, 0.5) is 9.18 Å². The molecule has 2 unspecified atom stereocenters. The van der Waals surface area contributed by atoms with Gasteiger partial charge in [-0.05, 0) is 45.4 Å². The molecule has 2 rings (SSSR count). The normalized spacial score (nSPS) is 20.0. The number of amides is 1. The number of nitrogens with zero attached hydrogens (tertiary/aromatic N) is 1. The van der Waals surface area contributed by atoms with Crippen molar-refractivity contribution in [2.45, 2.75) is 51.9 Å². The van der Waals surface area contributed by atoms with Gasteiger partial charge in [-0.25, -0.2) is 14.0 Å². The SMILES string of the molecule is COC(=O)c1cc(OCC2CC(F)CN2C(=O)OC(C)(C)C)ccc1C. The second-order valence-electron chi connectivity index (χ2n) is 7.40. The van der Waals surface area contributed by atoms with Crippen molar-refractivity contribution in [3.8, 4) is 5.75 Å². The van der Waals surface area contributed by atoms with Crippen molar-refractivity contribution in [1.82, 2.24) is 4.90 Å². The summed E-state index contributed by atoms with van der Waals surface area (Å²) >= 11 is 0. The molecule has 7 heteroatoms. The molecule has 1 aromatic rings. The van der Waals surface area contributed by atoms with Gasteiger partial charge in [0.2, 0.25) is 0 Å². The van der Waals surface area contributed by atoms with E-state index in [0.29, 0.717) is 11.3 Å². The number of benzene rings is 1. The van der Waals surface area contributed by atoms with Crippen molar-refractivity contribution in [1.29, 1.82) is 0 Å². The molecule has 0 bridgehead atoms. The zero-order valence-corrected chi connectivity index (χ0v) is 15.9. The van der Waals surface area contributed by atoms with Crippen LogP contribution in [-0.4, -0.2) is 55.0 Å². The van der Waals surface area contributed by atoms with Crippen LogP contribution in [0.2, 0.25) is 0 Å². The summed E-state index contributed by atoms with van der Waals surface area (Å²) in [5.41, 5.74) is 0.525. The Morgan fingerprint density at radius 3 is 2.62 bits per heavy atom. The molecule has 144 valence electrons. The number of esters is 1. The molecule has 1 heterocycles. The van der Waals surface area contributed by atoms with Gasteiger partial charge in [-0.1, -0.05) is 6.07 Å². The minimum absolute atomic E-state index is 0.00967. The van der Waals surface area contributed by atoms with Crippen molar-refractivity contribution in [3.63, 3.8) is 0 Å². The lowest BCUT2D eigenvalue weighted by atomic mass is 10.1. The minimum Gasteiger partial charge on any atom is -0.491 e. The monoisotopic (exact) mass is 367 g/mol.